The minimum absolute atomic E-state index is 0.375. The molecule has 0 saturated heterocycles. The van der Waals surface area contributed by atoms with Crippen LogP contribution in [-0.2, 0) is 37.6 Å². The van der Waals surface area contributed by atoms with Crippen LogP contribution in [0.3, 0.4) is 0 Å². The second kappa shape index (κ2) is 9.69. The monoisotopic (exact) mass is 371 g/mol. The number of ether oxygens (including phenoxy) is 5. The lowest BCUT2D eigenvalue weighted by atomic mass is 10.0. The highest BCUT2D eigenvalue weighted by molar-refractivity contribution is 7.26. The SMILES string of the molecule is COC(=O)C(C(C)C)N(C(OC)(OC)P=O)C(OC)(OC)P=O. The Hall–Kier alpha value is -0.530. The Morgan fingerprint density at radius 3 is 1.39 bits per heavy atom. The van der Waals surface area contributed by atoms with Gasteiger partial charge in [0.05, 0.1) is 7.11 Å². The van der Waals surface area contributed by atoms with Crippen molar-refractivity contribution in [3.63, 3.8) is 0 Å². The van der Waals surface area contributed by atoms with Crippen LogP contribution in [0.25, 0.3) is 0 Å². The van der Waals surface area contributed by atoms with Crippen LogP contribution in [0.4, 0.5) is 0 Å². The molecule has 0 aliphatic carbocycles. The highest BCUT2D eigenvalue weighted by Crippen LogP contribution is 2.44. The Labute approximate surface area is 138 Å². The molecule has 1 atom stereocenters. The molecule has 0 aromatic heterocycles. The first kappa shape index (κ1) is 22.5. The van der Waals surface area contributed by atoms with Gasteiger partial charge in [-0.2, -0.15) is 4.90 Å². The zero-order valence-corrected chi connectivity index (χ0v) is 16.1. The molecule has 0 amide bonds. The topological polar surface area (TPSA) is 101 Å². The Morgan fingerprint density at radius 2 is 1.22 bits per heavy atom. The van der Waals surface area contributed by atoms with E-state index in [0.717, 1.165) is 4.90 Å². The Balaban J connectivity index is 6.54. The third-order valence-electron chi connectivity index (χ3n) is 3.26. The van der Waals surface area contributed by atoms with Crippen molar-refractivity contribution in [1.82, 2.24) is 4.90 Å². The van der Waals surface area contributed by atoms with E-state index in [-0.39, 0.29) is 5.92 Å². The van der Waals surface area contributed by atoms with Gasteiger partial charge in [-0.25, -0.2) is 0 Å². The van der Waals surface area contributed by atoms with Crippen LogP contribution in [0.15, 0.2) is 0 Å². The zero-order chi connectivity index (χ0) is 18.3. The van der Waals surface area contributed by atoms with E-state index < -0.39 is 40.2 Å². The lowest BCUT2D eigenvalue weighted by Gasteiger charge is -2.47. The molecule has 0 spiro atoms. The largest absolute Gasteiger partial charge is 0.468 e. The van der Waals surface area contributed by atoms with Crippen molar-refractivity contribution in [3.05, 3.63) is 0 Å². The molecule has 0 saturated carbocycles. The summed E-state index contributed by atoms with van der Waals surface area (Å²) in [5, 5.41) is 0. The van der Waals surface area contributed by atoms with Crippen LogP contribution in [0.2, 0.25) is 0 Å². The summed E-state index contributed by atoms with van der Waals surface area (Å²) in [6.07, 6.45) is 0. The minimum atomic E-state index is -1.99. The number of nitrogens with zero attached hydrogens (tertiary/aromatic N) is 1. The smallest absolute Gasteiger partial charge is 0.323 e. The van der Waals surface area contributed by atoms with Gasteiger partial charge in [-0.1, -0.05) is 13.8 Å². The quantitative estimate of drug-likeness (QED) is 0.306. The highest BCUT2D eigenvalue weighted by atomic mass is 31.1. The molecule has 0 fully saturated rings. The van der Waals surface area contributed by atoms with Crippen molar-refractivity contribution in [1.29, 1.82) is 0 Å². The van der Waals surface area contributed by atoms with Crippen LogP contribution in [0.1, 0.15) is 13.8 Å². The van der Waals surface area contributed by atoms with Crippen LogP contribution in [0, 0.1) is 5.92 Å². The predicted molar refractivity (Wildman–Crippen MR) is 81.2 cm³/mol. The molecular weight excluding hydrogens is 348 g/mol. The van der Waals surface area contributed by atoms with Gasteiger partial charge in [0.15, 0.2) is 0 Å². The number of carbonyl (C=O) groups excluding carboxylic acids is 1. The maximum Gasteiger partial charge on any atom is 0.323 e. The summed E-state index contributed by atoms with van der Waals surface area (Å²) in [6.45, 7) is 3.42. The van der Waals surface area contributed by atoms with Crippen LogP contribution < -0.4 is 0 Å². The summed E-state index contributed by atoms with van der Waals surface area (Å²) < 4.78 is 49.2. The predicted octanol–water partition coefficient (Wildman–Crippen LogP) is 1.88. The number of carbonyl (C=O) groups is 1. The van der Waals surface area contributed by atoms with Gasteiger partial charge in [0.1, 0.15) is 6.04 Å². The molecule has 0 heterocycles. The number of rotatable bonds is 11. The lowest BCUT2D eigenvalue weighted by Crippen LogP contribution is -2.66. The number of methoxy groups -OCH3 is 5. The van der Waals surface area contributed by atoms with Gasteiger partial charge in [-0.05, 0) is 5.92 Å². The van der Waals surface area contributed by atoms with Gasteiger partial charge >= 0.3 is 17.3 Å². The van der Waals surface area contributed by atoms with E-state index in [9.17, 15) is 13.9 Å². The van der Waals surface area contributed by atoms with Gasteiger partial charge < -0.3 is 23.7 Å². The van der Waals surface area contributed by atoms with E-state index in [0.29, 0.717) is 0 Å². The van der Waals surface area contributed by atoms with Crippen LogP contribution in [0.5, 0.6) is 0 Å². The molecule has 0 aliphatic rings. The molecule has 0 N–H and O–H groups in total. The van der Waals surface area contributed by atoms with Gasteiger partial charge in [-0.3, -0.25) is 13.9 Å². The first-order chi connectivity index (χ1) is 10.8. The Morgan fingerprint density at radius 1 is 0.870 bits per heavy atom. The van der Waals surface area contributed by atoms with E-state index in [1.54, 1.807) is 13.8 Å². The number of hydrogen-bond acceptors (Lipinski definition) is 9. The Bertz CT molecular complexity index is 388. The molecule has 23 heavy (non-hydrogen) atoms. The molecule has 11 heteroatoms. The summed E-state index contributed by atoms with van der Waals surface area (Å²) in [4.78, 5) is 13.3. The molecule has 1 unspecified atom stereocenters. The normalized spacial score (nSPS) is 14.7. The summed E-state index contributed by atoms with van der Waals surface area (Å²) in [6, 6.07) is -1.09. The third-order valence-corrected chi connectivity index (χ3v) is 4.88. The minimum Gasteiger partial charge on any atom is -0.468 e. The van der Waals surface area contributed by atoms with E-state index in [1.165, 1.54) is 35.5 Å². The fraction of sp³-hybridized carbons (Fsp3) is 0.917. The fourth-order valence-corrected chi connectivity index (χ4v) is 3.19. The Kier molecular flexibility index (Phi) is 9.47. The summed E-state index contributed by atoms with van der Waals surface area (Å²) in [5.41, 5.74) is -3.99. The van der Waals surface area contributed by atoms with Crippen molar-refractivity contribution in [2.75, 3.05) is 35.5 Å². The van der Waals surface area contributed by atoms with Crippen LogP contribution >= 0.6 is 16.9 Å². The van der Waals surface area contributed by atoms with E-state index >= 15 is 0 Å². The van der Waals surface area contributed by atoms with Gasteiger partial charge in [0.25, 0.3) is 0 Å². The summed E-state index contributed by atoms with van der Waals surface area (Å²) in [5.74, 6) is -1.07. The average molecular weight is 371 g/mol. The first-order valence-corrected chi connectivity index (χ1v) is 8.19. The summed E-state index contributed by atoms with van der Waals surface area (Å²) in [7, 11) is 4.74. The summed E-state index contributed by atoms with van der Waals surface area (Å²) >= 11 is 0. The first-order valence-electron chi connectivity index (χ1n) is 6.56. The lowest BCUT2D eigenvalue weighted by molar-refractivity contribution is -0.351. The molecule has 9 nitrogen and oxygen atoms in total. The van der Waals surface area contributed by atoms with Crippen molar-refractivity contribution in [2.45, 2.75) is 31.2 Å². The maximum atomic E-state index is 12.3. The fourth-order valence-electron chi connectivity index (χ4n) is 2.12. The molecule has 0 radical (unpaired) electrons. The molecule has 0 rings (SSSR count). The molecule has 0 aliphatic heterocycles. The molecule has 0 bridgehead atoms. The molecular formula is C12H23NO8P2. The number of hydrogen-bond donors (Lipinski definition) is 0. The number of esters is 1. The third kappa shape index (κ3) is 4.31. The van der Waals surface area contributed by atoms with Crippen molar-refractivity contribution < 1.29 is 37.6 Å². The highest BCUT2D eigenvalue weighted by Gasteiger charge is 2.59. The van der Waals surface area contributed by atoms with E-state index in [4.69, 9.17) is 23.7 Å². The zero-order valence-electron chi connectivity index (χ0n) is 14.3. The molecule has 0 aromatic rings. The van der Waals surface area contributed by atoms with Crippen molar-refractivity contribution in [3.8, 4) is 0 Å². The second-order valence-corrected chi connectivity index (χ2v) is 6.17. The van der Waals surface area contributed by atoms with E-state index in [1.807, 2.05) is 0 Å². The van der Waals surface area contributed by atoms with Gasteiger partial charge in [-0.15, -0.1) is 0 Å². The average Bonchev–Trinajstić information content (AvgIpc) is 2.58. The second-order valence-electron chi connectivity index (χ2n) is 4.68. The van der Waals surface area contributed by atoms with E-state index in [2.05, 4.69) is 0 Å². The van der Waals surface area contributed by atoms with Crippen molar-refractivity contribution >= 4 is 22.9 Å². The maximum absolute atomic E-state index is 12.3. The van der Waals surface area contributed by atoms with Gasteiger partial charge in [0.2, 0.25) is 16.9 Å². The van der Waals surface area contributed by atoms with Crippen LogP contribution in [-0.4, -0.2) is 63.8 Å². The van der Waals surface area contributed by atoms with Crippen molar-refractivity contribution in [2.24, 2.45) is 5.92 Å². The standard InChI is InChI=1S/C12H23NO8P2/c1-8(2)9(10(14)17-3)13(11(18-4,19-5)22-15)12(20-6,21-7)23-16/h8-9H,1-7H3. The van der Waals surface area contributed by atoms with Gasteiger partial charge in [0, 0.05) is 28.4 Å². The molecule has 134 valence electrons. The molecule has 0 aromatic carbocycles.